The van der Waals surface area contributed by atoms with E-state index in [2.05, 4.69) is 174 Å². The molecule has 0 amide bonds. The summed E-state index contributed by atoms with van der Waals surface area (Å²) in [5.74, 6) is 1.86. The molecule has 0 saturated heterocycles. The van der Waals surface area contributed by atoms with Gasteiger partial charge in [0, 0.05) is 42.1 Å². The predicted molar refractivity (Wildman–Crippen MR) is 242 cm³/mol. The van der Waals surface area contributed by atoms with Gasteiger partial charge in [0.15, 0.2) is 19.7 Å². The standard InChI is InChI=1S/C51H34N4SSi/c1-5-17-35(18-6-1)49-52-50(36-19-7-2-8-20-36)54-51(53-49)55-45-27-15-13-25-41(45)43-33-39(29-31-46(43)55)57(37-21-9-3-10-22-37,38-23-11-4-12-24-38)40-30-32-48-44(34-40)42-26-14-16-28-47(42)56-48/h1-34H. The fourth-order valence-corrected chi connectivity index (χ4v) is 14.5. The summed E-state index contributed by atoms with van der Waals surface area (Å²) >= 11 is 1.87. The highest BCUT2D eigenvalue weighted by Crippen LogP contribution is 2.35. The van der Waals surface area contributed by atoms with Gasteiger partial charge in [-0.25, -0.2) is 4.98 Å². The Morgan fingerprint density at radius 3 is 1.46 bits per heavy atom. The zero-order valence-electron chi connectivity index (χ0n) is 30.8. The van der Waals surface area contributed by atoms with Crippen LogP contribution >= 0.6 is 11.3 Å². The highest BCUT2D eigenvalue weighted by molar-refractivity contribution is 7.26. The number of benzene rings is 8. The Balaban J connectivity index is 1.21. The molecule has 0 unspecified atom stereocenters. The fraction of sp³-hybridized carbons (Fsp3) is 0. The van der Waals surface area contributed by atoms with Crippen LogP contribution in [0.5, 0.6) is 0 Å². The summed E-state index contributed by atoms with van der Waals surface area (Å²) in [6, 6.07) is 74.5. The van der Waals surface area contributed by atoms with Gasteiger partial charge in [-0.15, -0.1) is 11.3 Å². The molecule has 0 N–H and O–H groups in total. The molecule has 11 aromatic rings. The summed E-state index contributed by atoms with van der Waals surface area (Å²) < 4.78 is 4.84. The Morgan fingerprint density at radius 1 is 0.351 bits per heavy atom. The maximum Gasteiger partial charge on any atom is 0.238 e. The number of para-hydroxylation sites is 1. The average Bonchev–Trinajstić information content (AvgIpc) is 3.83. The molecule has 268 valence electrons. The van der Waals surface area contributed by atoms with E-state index in [4.69, 9.17) is 15.0 Å². The summed E-state index contributed by atoms with van der Waals surface area (Å²) in [4.78, 5) is 15.4. The highest BCUT2D eigenvalue weighted by atomic mass is 32.1. The maximum absolute atomic E-state index is 5.18. The minimum absolute atomic E-state index is 0.589. The van der Waals surface area contributed by atoms with E-state index in [-0.39, 0.29) is 0 Å². The van der Waals surface area contributed by atoms with Gasteiger partial charge < -0.3 is 0 Å². The second kappa shape index (κ2) is 13.6. The molecule has 3 aromatic heterocycles. The van der Waals surface area contributed by atoms with Crippen molar-refractivity contribution in [1.82, 2.24) is 19.5 Å². The average molecular weight is 763 g/mol. The van der Waals surface area contributed by atoms with E-state index in [1.807, 2.05) is 47.7 Å². The first-order valence-corrected chi connectivity index (χ1v) is 22.0. The van der Waals surface area contributed by atoms with E-state index in [0.717, 1.165) is 32.9 Å². The number of hydrogen-bond donors (Lipinski definition) is 0. The lowest BCUT2D eigenvalue weighted by Crippen LogP contribution is -2.74. The minimum atomic E-state index is -2.90. The van der Waals surface area contributed by atoms with Crippen LogP contribution in [0.15, 0.2) is 206 Å². The molecule has 57 heavy (non-hydrogen) atoms. The maximum atomic E-state index is 5.18. The van der Waals surface area contributed by atoms with Gasteiger partial charge in [0.05, 0.1) is 11.0 Å². The van der Waals surface area contributed by atoms with Crippen LogP contribution in [0.3, 0.4) is 0 Å². The van der Waals surface area contributed by atoms with Crippen molar-refractivity contribution >= 4 is 82.1 Å². The second-order valence-electron chi connectivity index (χ2n) is 14.4. The van der Waals surface area contributed by atoms with Gasteiger partial charge in [-0.3, -0.25) is 4.57 Å². The van der Waals surface area contributed by atoms with Crippen molar-refractivity contribution in [2.75, 3.05) is 0 Å². The number of thiophene rings is 1. The molecule has 0 spiro atoms. The van der Waals surface area contributed by atoms with Gasteiger partial charge >= 0.3 is 0 Å². The van der Waals surface area contributed by atoms with Gasteiger partial charge in [-0.05, 0) is 45.0 Å². The van der Waals surface area contributed by atoms with E-state index in [1.165, 1.54) is 40.9 Å². The molecule has 3 heterocycles. The Kier molecular flexibility index (Phi) is 7.98. The number of nitrogens with zero attached hydrogens (tertiary/aromatic N) is 4. The van der Waals surface area contributed by atoms with Crippen molar-refractivity contribution in [2.24, 2.45) is 0 Å². The van der Waals surface area contributed by atoms with Crippen molar-refractivity contribution in [1.29, 1.82) is 0 Å². The number of aromatic nitrogens is 4. The van der Waals surface area contributed by atoms with Crippen molar-refractivity contribution in [3.8, 4) is 28.7 Å². The van der Waals surface area contributed by atoms with E-state index < -0.39 is 8.07 Å². The molecule has 0 aliphatic carbocycles. The van der Waals surface area contributed by atoms with Gasteiger partial charge in [0.1, 0.15) is 0 Å². The first-order valence-electron chi connectivity index (χ1n) is 19.2. The first-order chi connectivity index (χ1) is 28.3. The SMILES string of the molecule is c1ccc(-c2nc(-c3ccccc3)nc(-n3c4ccccc4c4cc([Si](c5ccccc5)(c5ccccc5)c5ccc6sc7ccccc7c6c5)ccc43)n2)cc1. The zero-order chi connectivity index (χ0) is 37.8. The van der Waals surface area contributed by atoms with Crippen LogP contribution in [0.25, 0.3) is 70.7 Å². The molecular formula is C51H34N4SSi. The summed E-state index contributed by atoms with van der Waals surface area (Å²) in [6.45, 7) is 0. The topological polar surface area (TPSA) is 43.6 Å². The van der Waals surface area contributed by atoms with Crippen molar-refractivity contribution in [3.05, 3.63) is 206 Å². The molecule has 0 aliphatic heterocycles. The quantitative estimate of drug-likeness (QED) is 0.120. The van der Waals surface area contributed by atoms with Crippen LogP contribution in [-0.4, -0.2) is 27.6 Å². The van der Waals surface area contributed by atoms with Gasteiger partial charge in [-0.2, -0.15) is 9.97 Å². The number of rotatable bonds is 7. The molecule has 0 aliphatic rings. The van der Waals surface area contributed by atoms with Gasteiger partial charge in [0.2, 0.25) is 5.95 Å². The smallest absolute Gasteiger partial charge is 0.238 e. The van der Waals surface area contributed by atoms with E-state index in [1.54, 1.807) is 0 Å². The molecule has 0 atom stereocenters. The third-order valence-electron chi connectivity index (χ3n) is 11.2. The lowest BCUT2D eigenvalue weighted by atomic mass is 10.1. The lowest BCUT2D eigenvalue weighted by molar-refractivity contribution is 0.953. The van der Waals surface area contributed by atoms with Crippen LogP contribution in [0.1, 0.15) is 0 Å². The number of hydrogen-bond acceptors (Lipinski definition) is 4. The van der Waals surface area contributed by atoms with Crippen molar-refractivity contribution < 1.29 is 0 Å². The van der Waals surface area contributed by atoms with Gasteiger partial charge in [-0.1, -0.05) is 182 Å². The van der Waals surface area contributed by atoms with Crippen LogP contribution < -0.4 is 20.7 Å². The molecular weight excluding hydrogens is 729 g/mol. The second-order valence-corrected chi connectivity index (χ2v) is 19.3. The Morgan fingerprint density at radius 2 is 0.825 bits per heavy atom. The molecule has 8 aromatic carbocycles. The Hall–Kier alpha value is -6.99. The normalized spacial score (nSPS) is 11.9. The fourth-order valence-electron chi connectivity index (χ4n) is 8.65. The highest BCUT2D eigenvalue weighted by Gasteiger charge is 2.42. The first kappa shape index (κ1) is 33.4. The van der Waals surface area contributed by atoms with E-state index in [9.17, 15) is 0 Å². The molecule has 0 radical (unpaired) electrons. The predicted octanol–water partition coefficient (Wildman–Crippen LogP) is 10.0. The van der Waals surface area contributed by atoms with Crippen molar-refractivity contribution in [3.63, 3.8) is 0 Å². The third-order valence-corrected chi connectivity index (χ3v) is 17.1. The summed E-state index contributed by atoms with van der Waals surface area (Å²) in [6.07, 6.45) is 0. The third kappa shape index (κ3) is 5.45. The minimum Gasteiger partial charge on any atom is -0.278 e. The Labute approximate surface area is 335 Å². The molecule has 0 saturated carbocycles. The summed E-state index contributed by atoms with van der Waals surface area (Å²) in [5.41, 5.74) is 3.98. The molecule has 0 fully saturated rings. The van der Waals surface area contributed by atoms with Crippen LogP contribution in [0.2, 0.25) is 0 Å². The lowest BCUT2D eigenvalue weighted by Gasteiger charge is -2.34. The molecule has 0 bridgehead atoms. The summed E-state index contributed by atoms with van der Waals surface area (Å²) in [7, 11) is -2.90. The molecule has 6 heteroatoms. The Bertz CT molecular complexity index is 3140. The monoisotopic (exact) mass is 762 g/mol. The molecule has 11 rings (SSSR count). The molecule has 4 nitrogen and oxygen atoms in total. The van der Waals surface area contributed by atoms with Crippen LogP contribution in [0, 0.1) is 0 Å². The van der Waals surface area contributed by atoms with Crippen LogP contribution in [-0.2, 0) is 0 Å². The summed E-state index contributed by atoms with van der Waals surface area (Å²) in [5, 5.41) is 10.3. The van der Waals surface area contributed by atoms with E-state index >= 15 is 0 Å². The number of fused-ring (bicyclic) bond motifs is 6. The van der Waals surface area contributed by atoms with E-state index in [0.29, 0.717) is 17.6 Å². The zero-order valence-corrected chi connectivity index (χ0v) is 32.6. The van der Waals surface area contributed by atoms with Crippen molar-refractivity contribution in [2.45, 2.75) is 0 Å². The largest absolute Gasteiger partial charge is 0.278 e. The van der Waals surface area contributed by atoms with Gasteiger partial charge in [0.25, 0.3) is 0 Å². The van der Waals surface area contributed by atoms with Crippen LogP contribution in [0.4, 0.5) is 0 Å².